The van der Waals surface area contributed by atoms with Gasteiger partial charge in [0.25, 0.3) is 5.91 Å². The number of para-hydroxylation sites is 1. The molecule has 182 valence electrons. The summed E-state index contributed by atoms with van der Waals surface area (Å²) in [6.45, 7) is 1.71. The maximum Gasteiger partial charge on any atom is 0.337 e. The highest BCUT2D eigenvalue weighted by atomic mass is 16.5. The summed E-state index contributed by atoms with van der Waals surface area (Å²) in [5, 5.41) is 6.70. The van der Waals surface area contributed by atoms with Crippen LogP contribution in [0, 0.1) is 0 Å². The van der Waals surface area contributed by atoms with Crippen LogP contribution in [0.3, 0.4) is 0 Å². The molecule has 5 rings (SSSR count). The highest BCUT2D eigenvalue weighted by Crippen LogP contribution is 2.47. The molecule has 7 nitrogen and oxygen atoms in total. The van der Waals surface area contributed by atoms with Crippen molar-refractivity contribution in [2.45, 2.75) is 36.6 Å². The standard InChI is InChI=1S/C28H31N3O4/c1-31-16-14-21(18-31)30-26(32)24-22-13-15-28(35-22,25(24)27(33)34-2)23(17-19-9-5-3-6-10-19)29-20-11-7-4-8-12-20/h3-13,15,21-23,29H,14,16-18H2,1-2H3,(H,30,32). The molecule has 2 aromatic rings. The molecular formula is C28H31N3O4. The number of hydrogen-bond acceptors (Lipinski definition) is 6. The number of nitrogens with zero attached hydrogens (tertiary/aromatic N) is 1. The number of rotatable bonds is 8. The fourth-order valence-electron chi connectivity index (χ4n) is 5.37. The Morgan fingerprint density at radius 2 is 1.86 bits per heavy atom. The molecule has 1 saturated heterocycles. The number of methoxy groups -OCH3 is 1. The molecule has 0 radical (unpaired) electrons. The number of carbonyl (C=O) groups excluding carboxylic acids is 2. The molecule has 1 fully saturated rings. The first kappa shape index (κ1) is 23.3. The average molecular weight is 474 g/mol. The van der Waals surface area contributed by atoms with Gasteiger partial charge in [0.15, 0.2) is 0 Å². The third-order valence-electron chi connectivity index (χ3n) is 7.06. The molecule has 2 bridgehead atoms. The van der Waals surface area contributed by atoms with E-state index in [4.69, 9.17) is 9.47 Å². The van der Waals surface area contributed by atoms with Gasteiger partial charge >= 0.3 is 5.97 Å². The third kappa shape index (κ3) is 4.49. The number of nitrogens with one attached hydrogen (secondary N) is 2. The van der Waals surface area contributed by atoms with Crippen molar-refractivity contribution < 1.29 is 19.1 Å². The van der Waals surface area contributed by atoms with Gasteiger partial charge in [0, 0.05) is 18.3 Å². The number of ether oxygens (including phenoxy) is 2. The highest BCUT2D eigenvalue weighted by molar-refractivity contribution is 6.07. The van der Waals surface area contributed by atoms with Crippen LogP contribution in [0.25, 0.3) is 0 Å². The summed E-state index contributed by atoms with van der Waals surface area (Å²) in [4.78, 5) is 28.9. The molecule has 4 unspecified atom stereocenters. The second-order valence-electron chi connectivity index (χ2n) is 9.44. The fourth-order valence-corrected chi connectivity index (χ4v) is 5.37. The zero-order valence-corrected chi connectivity index (χ0v) is 20.1. The normalized spacial score (nSPS) is 26.1. The number of esters is 1. The van der Waals surface area contributed by atoms with Gasteiger partial charge in [-0.3, -0.25) is 4.79 Å². The van der Waals surface area contributed by atoms with E-state index in [2.05, 4.69) is 15.5 Å². The molecule has 0 aromatic heterocycles. The van der Waals surface area contributed by atoms with Crippen LogP contribution < -0.4 is 10.6 Å². The summed E-state index contributed by atoms with van der Waals surface area (Å²) in [5.74, 6) is -0.807. The largest absolute Gasteiger partial charge is 0.466 e. The molecule has 3 aliphatic heterocycles. The summed E-state index contributed by atoms with van der Waals surface area (Å²) >= 11 is 0. The predicted octanol–water partition coefficient (Wildman–Crippen LogP) is 2.71. The lowest BCUT2D eigenvalue weighted by Gasteiger charge is -2.36. The Hall–Kier alpha value is -3.42. The molecule has 0 saturated carbocycles. The van der Waals surface area contributed by atoms with E-state index in [1.807, 2.05) is 79.9 Å². The Morgan fingerprint density at radius 1 is 1.14 bits per heavy atom. The number of hydrogen-bond donors (Lipinski definition) is 2. The van der Waals surface area contributed by atoms with E-state index in [9.17, 15) is 9.59 Å². The Morgan fingerprint density at radius 3 is 2.51 bits per heavy atom. The van der Waals surface area contributed by atoms with Crippen LogP contribution in [-0.4, -0.2) is 67.8 Å². The Kier molecular flexibility index (Phi) is 6.45. The quantitative estimate of drug-likeness (QED) is 0.453. The minimum Gasteiger partial charge on any atom is -0.466 e. The van der Waals surface area contributed by atoms with E-state index in [0.29, 0.717) is 12.0 Å². The van der Waals surface area contributed by atoms with Gasteiger partial charge in [-0.2, -0.15) is 0 Å². The van der Waals surface area contributed by atoms with Gasteiger partial charge in [-0.1, -0.05) is 54.6 Å². The molecule has 0 spiro atoms. The molecule has 4 atom stereocenters. The first-order valence-electron chi connectivity index (χ1n) is 12.0. The molecule has 0 aliphatic carbocycles. The minimum atomic E-state index is -1.14. The minimum absolute atomic E-state index is 0.0421. The highest BCUT2D eigenvalue weighted by Gasteiger charge is 2.58. The third-order valence-corrected chi connectivity index (χ3v) is 7.06. The molecule has 2 N–H and O–H groups in total. The van der Waals surface area contributed by atoms with E-state index in [1.54, 1.807) is 0 Å². The maximum atomic E-state index is 13.5. The van der Waals surface area contributed by atoms with Crippen molar-refractivity contribution in [3.63, 3.8) is 0 Å². The van der Waals surface area contributed by atoms with Crippen molar-refractivity contribution in [1.29, 1.82) is 0 Å². The van der Waals surface area contributed by atoms with Gasteiger partial charge in [0.1, 0.15) is 11.7 Å². The monoisotopic (exact) mass is 473 g/mol. The first-order chi connectivity index (χ1) is 17.0. The smallest absolute Gasteiger partial charge is 0.337 e. The topological polar surface area (TPSA) is 79.9 Å². The first-order valence-corrected chi connectivity index (χ1v) is 12.0. The van der Waals surface area contributed by atoms with Crippen molar-refractivity contribution in [1.82, 2.24) is 10.2 Å². The van der Waals surface area contributed by atoms with Crippen molar-refractivity contribution >= 4 is 17.6 Å². The zero-order valence-electron chi connectivity index (χ0n) is 20.1. The van der Waals surface area contributed by atoms with E-state index in [0.717, 1.165) is 30.8 Å². The second-order valence-corrected chi connectivity index (χ2v) is 9.44. The van der Waals surface area contributed by atoms with Gasteiger partial charge < -0.3 is 25.0 Å². The van der Waals surface area contributed by atoms with Crippen LogP contribution in [-0.2, 0) is 25.5 Å². The van der Waals surface area contributed by atoms with Crippen LogP contribution in [0.2, 0.25) is 0 Å². The number of benzene rings is 2. The van der Waals surface area contributed by atoms with Gasteiger partial charge in [0.05, 0.1) is 24.3 Å². The lowest BCUT2D eigenvalue weighted by molar-refractivity contribution is -0.138. The van der Waals surface area contributed by atoms with Gasteiger partial charge in [0.2, 0.25) is 0 Å². The molecule has 2 aromatic carbocycles. The molecule has 1 amide bonds. The zero-order chi connectivity index (χ0) is 24.4. The number of likely N-dealkylation sites (tertiary alicyclic amines) is 1. The van der Waals surface area contributed by atoms with Gasteiger partial charge in [-0.25, -0.2) is 4.79 Å². The number of anilines is 1. The lowest BCUT2D eigenvalue weighted by Crippen LogP contribution is -2.49. The average Bonchev–Trinajstić information content (AvgIpc) is 3.58. The number of amides is 1. The van der Waals surface area contributed by atoms with Crippen LogP contribution >= 0.6 is 0 Å². The molecule has 3 heterocycles. The van der Waals surface area contributed by atoms with Crippen LogP contribution in [0.15, 0.2) is 84.0 Å². The van der Waals surface area contributed by atoms with Gasteiger partial charge in [-0.15, -0.1) is 0 Å². The van der Waals surface area contributed by atoms with Crippen molar-refractivity contribution in [2.24, 2.45) is 0 Å². The van der Waals surface area contributed by atoms with Gasteiger partial charge in [-0.05, 0) is 50.2 Å². The SMILES string of the molecule is COC(=O)C1=C(C(=O)NC2CCN(C)C2)C2C=CC1(C(Cc1ccccc1)Nc1ccccc1)O2. The van der Waals surface area contributed by atoms with E-state index >= 15 is 0 Å². The fraction of sp³-hybridized carbons (Fsp3) is 0.357. The molecule has 3 aliphatic rings. The van der Waals surface area contributed by atoms with E-state index in [1.165, 1.54) is 7.11 Å². The number of carbonyl (C=O) groups is 2. The summed E-state index contributed by atoms with van der Waals surface area (Å²) in [6.07, 6.45) is 4.65. The lowest BCUT2D eigenvalue weighted by atomic mass is 9.78. The maximum absolute atomic E-state index is 13.5. The van der Waals surface area contributed by atoms with Crippen molar-refractivity contribution in [3.05, 3.63) is 89.5 Å². The second kappa shape index (κ2) is 9.68. The van der Waals surface area contributed by atoms with Crippen molar-refractivity contribution in [3.8, 4) is 0 Å². The van der Waals surface area contributed by atoms with E-state index < -0.39 is 17.7 Å². The summed E-state index contributed by atoms with van der Waals surface area (Å²) < 4.78 is 11.7. The predicted molar refractivity (Wildman–Crippen MR) is 134 cm³/mol. The Balaban J connectivity index is 1.53. The van der Waals surface area contributed by atoms with Crippen LogP contribution in [0.4, 0.5) is 5.69 Å². The summed E-state index contributed by atoms with van der Waals surface area (Å²) in [5.41, 5.74) is 1.48. The summed E-state index contributed by atoms with van der Waals surface area (Å²) in [7, 11) is 3.38. The Labute approximate surface area is 205 Å². The van der Waals surface area contributed by atoms with Crippen molar-refractivity contribution in [2.75, 3.05) is 32.6 Å². The molecule has 7 heteroatoms. The molecule has 35 heavy (non-hydrogen) atoms. The molecular weight excluding hydrogens is 442 g/mol. The number of likely N-dealkylation sites (N-methyl/N-ethyl adjacent to an activating group) is 1. The van der Waals surface area contributed by atoms with Crippen LogP contribution in [0.5, 0.6) is 0 Å². The number of fused-ring (bicyclic) bond motifs is 2. The Bertz CT molecular complexity index is 1110. The van der Waals surface area contributed by atoms with Crippen LogP contribution in [0.1, 0.15) is 12.0 Å². The van der Waals surface area contributed by atoms with E-state index in [-0.39, 0.29) is 23.6 Å². The summed E-state index contributed by atoms with van der Waals surface area (Å²) in [6, 6.07) is 19.6.